The number of nitrogens with zero attached hydrogens (tertiary/aromatic N) is 20. The van der Waals surface area contributed by atoms with Gasteiger partial charge >= 0.3 is 0 Å². The van der Waals surface area contributed by atoms with Gasteiger partial charge in [0.25, 0.3) is 22.2 Å². The number of carbonyl (C=O) groups is 4. The van der Waals surface area contributed by atoms with Crippen LogP contribution >= 0.6 is 46.4 Å². The Morgan fingerprint density at radius 2 is 0.657 bits per heavy atom. The van der Waals surface area contributed by atoms with Crippen molar-refractivity contribution in [3.63, 3.8) is 0 Å². The van der Waals surface area contributed by atoms with E-state index >= 15 is 0 Å². The highest BCUT2D eigenvalue weighted by molar-refractivity contribution is 6.34. The number of rotatable bonds is 37. The smallest absolute Gasteiger partial charge is 0.293 e. The van der Waals surface area contributed by atoms with E-state index < -0.39 is 0 Å². The highest BCUT2D eigenvalue weighted by Gasteiger charge is 2.27. The summed E-state index contributed by atoms with van der Waals surface area (Å²) < 4.78 is 29.0. The lowest BCUT2D eigenvalue weighted by molar-refractivity contribution is -0.121. The van der Waals surface area contributed by atoms with Crippen molar-refractivity contribution in [1.82, 2.24) is 72.8 Å². The van der Waals surface area contributed by atoms with E-state index in [1.54, 1.807) is 97.4 Å². The molecule has 0 saturated carbocycles. The van der Waals surface area contributed by atoms with Gasteiger partial charge in [0, 0.05) is 201 Å². The molecule has 8 aromatic heterocycles. The number of aryl methyl sites for hydroxylation is 4. The lowest BCUT2D eigenvalue weighted by Crippen LogP contribution is -2.46. The fourth-order valence-corrected chi connectivity index (χ4v) is 17.0. The van der Waals surface area contributed by atoms with E-state index in [-0.39, 0.29) is 94.8 Å². The second-order valence-corrected chi connectivity index (χ2v) is 37.1. The lowest BCUT2D eigenvalue weighted by Gasteiger charge is -2.34. The van der Waals surface area contributed by atoms with Crippen molar-refractivity contribution < 1.29 is 38.1 Å². The van der Waals surface area contributed by atoms with Crippen molar-refractivity contribution in [3.05, 3.63) is 189 Å². The molecule has 0 aliphatic carbocycles. The minimum absolute atomic E-state index is 0.0552. The molecule has 0 amide bonds. The number of fused-ring (bicyclic) bond motifs is 4. The molecule has 758 valence electrons. The summed E-state index contributed by atoms with van der Waals surface area (Å²) in [6.07, 6.45) is 10.7. The van der Waals surface area contributed by atoms with Crippen LogP contribution in [0.2, 0.25) is 20.1 Å². The van der Waals surface area contributed by atoms with Gasteiger partial charge in [-0.15, -0.1) is 0 Å². The monoisotopic (exact) mass is 2030 g/mol. The maximum Gasteiger partial charge on any atom is 0.293 e. The molecule has 0 unspecified atom stereocenters. The summed E-state index contributed by atoms with van der Waals surface area (Å²) in [5.41, 5.74) is 5.56. The van der Waals surface area contributed by atoms with E-state index in [1.807, 2.05) is 79.7 Å². The maximum absolute atomic E-state index is 13.1. The van der Waals surface area contributed by atoms with Gasteiger partial charge in [-0.2, -0.15) is 20.2 Å². The van der Waals surface area contributed by atoms with Gasteiger partial charge in [-0.25, -0.2) is 19.9 Å². The number of ketones is 4. The van der Waals surface area contributed by atoms with Crippen LogP contribution in [-0.2, 0) is 45.9 Å². The van der Waals surface area contributed by atoms with Crippen LogP contribution in [0.1, 0.15) is 119 Å². The number of hydrogen-bond acceptors (Lipinski definition) is 32. The van der Waals surface area contributed by atoms with Crippen molar-refractivity contribution >= 4 is 183 Å². The molecule has 0 spiro atoms. The van der Waals surface area contributed by atoms with Crippen LogP contribution in [0, 0.1) is 11.3 Å². The number of piperazine rings is 4. The largest absolute Gasteiger partial charge is 0.480 e. The van der Waals surface area contributed by atoms with Crippen molar-refractivity contribution in [2.24, 2.45) is 7.05 Å². The molecule has 4 saturated heterocycles. The minimum Gasteiger partial charge on any atom is -0.480 e. The second-order valence-electron chi connectivity index (χ2n) is 35.5. The standard InChI is InChI=1S/C27H35ClN6O3.C26H33ClN6O3.C25H27ClN6O3.C25H31ClN6O3/c1-4-7-10-34-23-9-8-20(15-19(23)16-24(26(34)36)37-18-21(35)5-2)30-25-22(28)17-29-27(31-25)33-13-11-32(6-3)12-14-33;1-4-6-9-33-22-8-7-19(14-18(22)15-23(25(33)35)36-17-20(34)5-2)29-24-21(27)16-28-26(30-24)32-12-10-31(3)11-13-32;1-4-19(33)15-35-22-13-16-11-18(5-6-21(16)31(3)25(22)34)28-23-20(26)12-17(14-27)24(29-23)32-9-7-30(2)8-10-32;1-4-8-32-21-7-6-18(13-17(21)14-22(24(32)34)35-16-19(33)5-2)28-23-20(26)15-27-25(29-23)31-11-9-30(3)10-12-31/h8-9,15-17H,4-7,10-14,18H2,1-3H3,(H,29,30,31);7-8,14-16H,4-6,9-13,17H2,1-3H3,(H,28,29,30);5-6,11-13H,4,7-10,15H2,1-3H3,(H,28,29);6-7,13-15H,4-5,8-12,16H2,1-3H3,(H,27,28,29). The molecule has 0 atom stereocenters. The number of aromatic nitrogens is 11. The van der Waals surface area contributed by atoms with Crippen molar-refractivity contribution in [2.45, 2.75) is 133 Å². The summed E-state index contributed by atoms with van der Waals surface area (Å²) in [7, 11) is 7.93. The number of unbranched alkanes of at least 4 members (excludes halogenated alkanes) is 2. The van der Waals surface area contributed by atoms with Gasteiger partial charge in [0.15, 0.2) is 69.4 Å². The predicted octanol–water partition coefficient (Wildman–Crippen LogP) is 15.6. The van der Waals surface area contributed by atoms with Gasteiger partial charge in [0.1, 0.15) is 53.4 Å². The normalized spacial score (nSPS) is 14.2. The van der Waals surface area contributed by atoms with E-state index in [9.17, 15) is 43.6 Å². The molecule has 4 aliphatic heterocycles. The van der Waals surface area contributed by atoms with Gasteiger partial charge in [-0.3, -0.25) is 38.4 Å². The fourth-order valence-electron chi connectivity index (χ4n) is 16.4. The molecular weight excluding hydrogens is 1910 g/mol. The van der Waals surface area contributed by atoms with Gasteiger partial charge in [-0.05, 0) is 150 Å². The Balaban J connectivity index is 0.000000160. The summed E-state index contributed by atoms with van der Waals surface area (Å²) in [5.74, 6) is 4.91. The van der Waals surface area contributed by atoms with Gasteiger partial charge in [0.05, 0.1) is 51.2 Å². The Bertz CT molecular complexity index is 6850. The van der Waals surface area contributed by atoms with Crippen molar-refractivity contribution in [1.29, 1.82) is 5.26 Å². The van der Waals surface area contributed by atoms with Crippen LogP contribution in [0.5, 0.6) is 23.0 Å². The molecule has 12 heterocycles. The molecular formula is C103H126Cl4N24O12. The quantitative estimate of drug-likeness (QED) is 0.0281. The van der Waals surface area contributed by atoms with Gasteiger partial charge in [0.2, 0.25) is 17.8 Å². The third-order valence-corrected chi connectivity index (χ3v) is 26.3. The van der Waals surface area contributed by atoms with Crippen LogP contribution < -0.4 is 82.1 Å². The van der Waals surface area contributed by atoms with E-state index in [0.29, 0.717) is 129 Å². The number of nitrogens with one attached hydrogen (secondary N) is 4. The SMILES string of the molecule is CCC(=O)COc1cc2cc(Nc3nc(N4CCN(C)CC4)c(C#N)cc3Cl)ccc2n(C)c1=O.CCCCn1c(=O)c(OCC(=O)CC)cc2cc(Nc3nc(N4CCN(C)CC4)ncc3Cl)ccc21.CCCCn1c(=O)c(OCC(=O)CC)cc2cc(Nc3nc(N4CCN(CC)CC4)ncc3Cl)ccc21.CCCn1c(=O)c(OCC(=O)CC)cc2cc(Nc3nc(N4CCN(C)CC4)ncc3Cl)ccc21. The molecule has 40 heteroatoms. The zero-order valence-electron chi connectivity index (χ0n) is 83.2. The van der Waals surface area contributed by atoms with Gasteiger partial charge in [-0.1, -0.05) is 115 Å². The first-order valence-corrected chi connectivity index (χ1v) is 50.3. The number of pyridine rings is 5. The number of nitriles is 1. The lowest BCUT2D eigenvalue weighted by atomic mass is 10.1. The van der Waals surface area contributed by atoms with Crippen LogP contribution in [0.15, 0.2) is 141 Å². The number of benzene rings is 4. The summed E-state index contributed by atoms with van der Waals surface area (Å²) in [6, 6.07) is 33.3. The zero-order chi connectivity index (χ0) is 102. The molecule has 0 radical (unpaired) electrons. The minimum atomic E-state index is -0.310. The molecule has 36 nitrogen and oxygen atoms in total. The Labute approximate surface area is 851 Å². The molecule has 4 N–H and O–H groups in total. The number of ether oxygens (including phenoxy) is 4. The number of likely N-dealkylation sites (N-methyl/N-ethyl adjacent to an activating group) is 4. The highest BCUT2D eigenvalue weighted by atomic mass is 35.5. The van der Waals surface area contributed by atoms with E-state index in [1.165, 1.54) is 4.57 Å². The second kappa shape index (κ2) is 51.2. The average Bonchev–Trinajstić information content (AvgIpc) is 0.789. The number of Topliss-reactive ketones (excluding diaryl/α,β-unsaturated/α-hetero) is 4. The summed E-state index contributed by atoms with van der Waals surface area (Å²) in [5, 5.41) is 27.6. The van der Waals surface area contributed by atoms with Crippen molar-refractivity contribution in [2.75, 3.05) is 200 Å². The van der Waals surface area contributed by atoms with Gasteiger partial charge < -0.3 is 97.7 Å². The predicted molar refractivity (Wildman–Crippen MR) is 569 cm³/mol. The number of anilines is 12. The third kappa shape index (κ3) is 27.9. The first-order chi connectivity index (χ1) is 69.0. The van der Waals surface area contributed by atoms with E-state index in [4.69, 9.17) is 75.3 Å². The maximum atomic E-state index is 13.1. The first-order valence-electron chi connectivity index (χ1n) is 48.8. The highest BCUT2D eigenvalue weighted by Crippen LogP contribution is 2.36. The Morgan fingerprint density at radius 1 is 0.357 bits per heavy atom. The number of halogens is 4. The topological polar surface area (TPSA) is 381 Å². The molecule has 12 aromatic rings. The average molecular weight is 2030 g/mol. The van der Waals surface area contributed by atoms with Crippen LogP contribution in [-0.4, -0.2) is 255 Å². The van der Waals surface area contributed by atoms with Crippen LogP contribution in [0.4, 0.5) is 69.7 Å². The number of carbonyl (C=O) groups excluding carboxylic acids is 4. The summed E-state index contributed by atoms with van der Waals surface area (Å²) in [4.78, 5) is 149. The van der Waals surface area contributed by atoms with E-state index in [2.05, 4.69) is 133 Å². The van der Waals surface area contributed by atoms with Crippen LogP contribution in [0.3, 0.4) is 0 Å². The molecule has 4 fully saturated rings. The first kappa shape index (κ1) is 107. The molecule has 143 heavy (non-hydrogen) atoms. The Hall–Kier alpha value is -13.1. The molecule has 16 rings (SSSR count). The van der Waals surface area contributed by atoms with E-state index in [0.717, 1.165) is 199 Å². The van der Waals surface area contributed by atoms with Crippen molar-refractivity contribution in [3.8, 4) is 29.1 Å². The molecule has 4 aromatic carbocycles. The number of hydrogen-bond donors (Lipinski definition) is 4. The summed E-state index contributed by atoms with van der Waals surface area (Å²) in [6.45, 7) is 31.9. The molecule has 0 bridgehead atoms. The third-order valence-electron chi connectivity index (χ3n) is 25.2. The van der Waals surface area contributed by atoms with Crippen LogP contribution in [0.25, 0.3) is 43.6 Å². The zero-order valence-corrected chi connectivity index (χ0v) is 86.3. The molecule has 4 aliphatic rings. The summed E-state index contributed by atoms with van der Waals surface area (Å²) >= 11 is 25.8. The fraction of sp³-hybridized carbons (Fsp3) is 0.437. The Kier molecular flexibility index (Phi) is 38.4. The Morgan fingerprint density at radius 3 is 0.972 bits per heavy atom.